The Hall–Kier alpha value is -0.390. The van der Waals surface area contributed by atoms with Crippen molar-refractivity contribution in [2.24, 2.45) is 0 Å². The molecule has 0 aliphatic carbocycles. The first-order valence-electron chi connectivity index (χ1n) is 5.76. The first kappa shape index (κ1) is 21.7. The van der Waals surface area contributed by atoms with Crippen molar-refractivity contribution in [3.63, 3.8) is 0 Å². The van der Waals surface area contributed by atoms with Crippen molar-refractivity contribution < 1.29 is 14.7 Å². The first-order chi connectivity index (χ1) is 11.0. The molecule has 0 bridgehead atoms. The lowest BCUT2D eigenvalue weighted by atomic mass is 10.2. The molecule has 0 saturated heterocycles. The van der Waals surface area contributed by atoms with E-state index < -0.39 is 11.2 Å². The molecule has 2 rings (SSSR count). The smallest absolute Gasteiger partial charge is 0.338 e. The lowest BCUT2D eigenvalue weighted by molar-refractivity contribution is 0.0697. The Morgan fingerprint density at radius 1 is 0.667 bits per heavy atom. The molecule has 128 valence electrons. The van der Waals surface area contributed by atoms with Crippen LogP contribution in [0.25, 0.3) is 0 Å². The molecule has 0 amide bonds. The highest BCUT2D eigenvalue weighted by Gasteiger charge is 2.14. The van der Waals surface area contributed by atoms with Crippen LogP contribution in [-0.4, -0.2) is 16.3 Å². The van der Waals surface area contributed by atoms with Crippen LogP contribution in [0.3, 0.4) is 0 Å². The predicted octanol–water partition coefficient (Wildman–Crippen LogP) is 7.37. The van der Waals surface area contributed by atoms with Gasteiger partial charge in [0.1, 0.15) is 0 Å². The number of carbonyl (C=O) groups is 2. The average molecular weight is 469 g/mol. The fourth-order valence-electron chi connectivity index (χ4n) is 1.48. The van der Waals surface area contributed by atoms with E-state index >= 15 is 0 Å². The van der Waals surface area contributed by atoms with Gasteiger partial charge in [0, 0.05) is 10.0 Å². The zero-order valence-electron chi connectivity index (χ0n) is 11.2. The van der Waals surface area contributed by atoms with Crippen molar-refractivity contribution >= 4 is 92.4 Å². The zero-order chi connectivity index (χ0) is 18.6. The summed E-state index contributed by atoms with van der Waals surface area (Å²) in [6, 6.07) is 5.48. The van der Waals surface area contributed by atoms with Gasteiger partial charge in [-0.1, -0.05) is 69.6 Å². The van der Waals surface area contributed by atoms with Crippen molar-refractivity contribution in [2.75, 3.05) is 0 Å². The molecule has 0 aliphatic heterocycles. The van der Waals surface area contributed by atoms with Crippen molar-refractivity contribution in [1.82, 2.24) is 0 Å². The highest BCUT2D eigenvalue weighted by Crippen LogP contribution is 2.30. The number of benzene rings is 2. The highest BCUT2D eigenvalue weighted by molar-refractivity contribution is 6.70. The van der Waals surface area contributed by atoms with Crippen molar-refractivity contribution in [3.8, 4) is 0 Å². The minimum absolute atomic E-state index is 0.0417. The molecule has 24 heavy (non-hydrogen) atoms. The van der Waals surface area contributed by atoms with Crippen LogP contribution in [0.4, 0.5) is 0 Å². The Morgan fingerprint density at radius 3 is 1.21 bits per heavy atom. The molecule has 0 aromatic heterocycles. The molecule has 0 saturated carbocycles. The van der Waals surface area contributed by atoms with Crippen molar-refractivity contribution in [1.29, 1.82) is 0 Å². The van der Waals surface area contributed by atoms with Gasteiger partial charge in [-0.15, -0.1) is 0 Å². The third-order valence-electron chi connectivity index (χ3n) is 2.42. The maximum absolute atomic E-state index is 10.8. The standard InChI is InChI=1S/C7H2Cl4O.C7H3Cl3O2/c2*8-3-1-4(9)6(7(11)12)5(10)2-3/h1-2H;1-2H,(H,11,12). The summed E-state index contributed by atoms with van der Waals surface area (Å²) < 4.78 is 0. The first-order valence-corrected chi connectivity index (χ1v) is 8.41. The molecule has 2 aromatic rings. The van der Waals surface area contributed by atoms with Crippen molar-refractivity contribution in [3.05, 3.63) is 65.5 Å². The van der Waals surface area contributed by atoms with E-state index in [4.69, 9.17) is 86.3 Å². The molecule has 0 atom stereocenters. The third-order valence-corrected chi connectivity index (χ3v) is 4.24. The summed E-state index contributed by atoms with van der Waals surface area (Å²) in [5, 5.41) is 9.02. The summed E-state index contributed by atoms with van der Waals surface area (Å²) in [7, 11) is 0. The minimum Gasteiger partial charge on any atom is -0.478 e. The summed E-state index contributed by atoms with van der Waals surface area (Å²) in [5.74, 6) is -1.17. The molecule has 3 nitrogen and oxygen atoms in total. The van der Waals surface area contributed by atoms with E-state index in [1.807, 2.05) is 0 Å². The van der Waals surface area contributed by atoms with Gasteiger partial charge in [-0.05, 0) is 35.9 Å². The monoisotopic (exact) mass is 466 g/mol. The number of aromatic carboxylic acids is 1. The van der Waals surface area contributed by atoms with E-state index in [2.05, 4.69) is 0 Å². The van der Waals surface area contributed by atoms with Gasteiger partial charge in [-0.2, -0.15) is 0 Å². The van der Waals surface area contributed by atoms with Crippen LogP contribution in [0.5, 0.6) is 0 Å². The molecule has 0 spiro atoms. The molecular weight excluding hydrogens is 464 g/mol. The average Bonchev–Trinajstić information content (AvgIpc) is 2.35. The van der Waals surface area contributed by atoms with Crippen LogP contribution < -0.4 is 0 Å². The second kappa shape index (κ2) is 9.35. The lowest BCUT2D eigenvalue weighted by Crippen LogP contribution is -1.98. The summed E-state index contributed by atoms with van der Waals surface area (Å²) in [6.45, 7) is 0. The molecule has 0 unspecified atom stereocenters. The van der Waals surface area contributed by atoms with Crippen LogP contribution >= 0.6 is 81.2 Å². The molecule has 10 heteroatoms. The van der Waals surface area contributed by atoms with Crippen LogP contribution in [0.1, 0.15) is 20.7 Å². The lowest BCUT2D eigenvalue weighted by Gasteiger charge is -2.01. The van der Waals surface area contributed by atoms with E-state index in [9.17, 15) is 9.59 Å². The predicted molar refractivity (Wildman–Crippen MR) is 100 cm³/mol. The van der Waals surface area contributed by atoms with E-state index in [-0.39, 0.29) is 31.2 Å². The number of hydrogen-bond acceptors (Lipinski definition) is 2. The normalized spacial score (nSPS) is 9.96. The fourth-order valence-corrected chi connectivity index (χ4v) is 3.74. The van der Waals surface area contributed by atoms with Gasteiger partial charge >= 0.3 is 5.97 Å². The fraction of sp³-hybridized carbons (Fsp3) is 0. The Bertz CT molecular complexity index is 691. The minimum atomic E-state index is -1.17. The maximum atomic E-state index is 10.8. The Balaban J connectivity index is 0.000000240. The molecule has 0 fully saturated rings. The Labute approximate surface area is 171 Å². The SMILES string of the molecule is O=C(Cl)c1c(Cl)cc(Cl)cc1Cl.O=C(O)c1c(Cl)cc(Cl)cc1Cl. The number of carbonyl (C=O) groups excluding carboxylic acids is 1. The summed E-state index contributed by atoms with van der Waals surface area (Å²) >= 11 is 38.9. The number of carboxylic acids is 1. The summed E-state index contributed by atoms with van der Waals surface area (Å²) in [5.41, 5.74) is -0.0351. The van der Waals surface area contributed by atoms with E-state index in [1.165, 1.54) is 24.3 Å². The second-order valence-corrected chi connectivity index (χ2v) is 6.91. The highest BCUT2D eigenvalue weighted by atomic mass is 35.5. The van der Waals surface area contributed by atoms with Gasteiger partial charge in [0.25, 0.3) is 5.24 Å². The van der Waals surface area contributed by atoms with Crippen LogP contribution in [0.15, 0.2) is 24.3 Å². The quantitative estimate of drug-likeness (QED) is 0.467. The third kappa shape index (κ3) is 5.85. The number of hydrogen-bond donors (Lipinski definition) is 1. The maximum Gasteiger partial charge on any atom is 0.338 e. The molecule has 1 N–H and O–H groups in total. The van der Waals surface area contributed by atoms with Crippen molar-refractivity contribution in [2.45, 2.75) is 0 Å². The van der Waals surface area contributed by atoms with Gasteiger partial charge in [-0.3, -0.25) is 4.79 Å². The zero-order valence-corrected chi connectivity index (χ0v) is 16.5. The van der Waals surface area contributed by atoms with Gasteiger partial charge in [0.2, 0.25) is 0 Å². The van der Waals surface area contributed by atoms with E-state index in [0.29, 0.717) is 10.0 Å². The molecule has 0 radical (unpaired) electrons. The summed E-state index contributed by atoms with van der Waals surface area (Å²) in [6.07, 6.45) is 0. The van der Waals surface area contributed by atoms with Gasteiger partial charge in [-0.25, -0.2) is 4.79 Å². The number of carboxylic acid groups (broad SMARTS) is 1. The summed E-state index contributed by atoms with van der Waals surface area (Å²) in [4.78, 5) is 21.3. The number of halogens is 7. The van der Waals surface area contributed by atoms with Crippen LogP contribution in [-0.2, 0) is 0 Å². The number of rotatable bonds is 2. The van der Waals surface area contributed by atoms with Crippen LogP contribution in [0.2, 0.25) is 30.1 Å². The van der Waals surface area contributed by atoms with Gasteiger partial charge < -0.3 is 5.11 Å². The Morgan fingerprint density at radius 2 is 0.958 bits per heavy atom. The van der Waals surface area contributed by atoms with E-state index in [1.54, 1.807) is 0 Å². The van der Waals surface area contributed by atoms with Gasteiger partial charge in [0.15, 0.2) is 0 Å². The van der Waals surface area contributed by atoms with Crippen LogP contribution in [0, 0.1) is 0 Å². The van der Waals surface area contributed by atoms with E-state index in [0.717, 1.165) is 0 Å². The largest absolute Gasteiger partial charge is 0.478 e. The molecular formula is C14H5Cl7O3. The molecule has 0 heterocycles. The second-order valence-electron chi connectivity index (χ2n) is 4.07. The Kier molecular flexibility index (Phi) is 8.43. The molecule has 2 aromatic carbocycles. The molecule has 0 aliphatic rings. The topological polar surface area (TPSA) is 54.4 Å². The van der Waals surface area contributed by atoms with Gasteiger partial charge in [0.05, 0.1) is 31.2 Å².